The molecule has 2 fully saturated rings. The summed E-state index contributed by atoms with van der Waals surface area (Å²) >= 11 is 0. The van der Waals surface area contributed by atoms with Gasteiger partial charge in [-0.25, -0.2) is 0 Å². The van der Waals surface area contributed by atoms with Crippen molar-refractivity contribution in [3.63, 3.8) is 0 Å². The van der Waals surface area contributed by atoms with Crippen molar-refractivity contribution in [1.29, 1.82) is 0 Å². The van der Waals surface area contributed by atoms with E-state index in [2.05, 4.69) is 48.5 Å². The summed E-state index contributed by atoms with van der Waals surface area (Å²) in [6.45, 7) is 15.4. The number of aliphatic hydroxyl groups excluding tert-OH is 1. The summed E-state index contributed by atoms with van der Waals surface area (Å²) in [6, 6.07) is 0. The fourth-order valence-electron chi connectivity index (χ4n) is 5.03. The minimum Gasteiger partial charge on any atom is -0.390 e. The minimum absolute atomic E-state index is 0.0734. The van der Waals surface area contributed by atoms with Crippen molar-refractivity contribution in [2.45, 2.75) is 117 Å². The number of rotatable bonds is 4. The Labute approximate surface area is 149 Å². The number of aliphatic hydroxyl groups is 2. The molecule has 142 valence electrons. The van der Waals surface area contributed by atoms with Crippen LogP contribution in [0, 0.1) is 16.2 Å². The first kappa shape index (κ1) is 20.2. The van der Waals surface area contributed by atoms with Crippen LogP contribution in [0.4, 0.5) is 0 Å². The van der Waals surface area contributed by atoms with Crippen LogP contribution in [0.3, 0.4) is 0 Å². The Hall–Kier alpha value is -0.120. The van der Waals surface area contributed by atoms with E-state index in [1.807, 2.05) is 0 Å². The molecule has 0 amide bonds. The molecule has 0 aliphatic heterocycles. The summed E-state index contributed by atoms with van der Waals surface area (Å²) in [5, 5.41) is 22.0. The molecule has 0 heterocycles. The van der Waals surface area contributed by atoms with Gasteiger partial charge in [-0.15, -0.1) is 0 Å². The van der Waals surface area contributed by atoms with E-state index >= 15 is 0 Å². The second-order valence-corrected chi connectivity index (χ2v) is 11.2. The summed E-state index contributed by atoms with van der Waals surface area (Å²) in [6.07, 6.45) is 6.45. The molecule has 2 aliphatic rings. The third-order valence-electron chi connectivity index (χ3n) is 6.72. The summed E-state index contributed by atoms with van der Waals surface area (Å²) in [5.41, 5.74) is -1.21. The summed E-state index contributed by atoms with van der Waals surface area (Å²) in [5.74, 6) is 0. The predicted molar refractivity (Wildman–Crippen MR) is 98.7 cm³/mol. The average molecular weight is 341 g/mol. The smallest absolute Gasteiger partial charge is 0.161 e. The monoisotopic (exact) mass is 340 g/mol. The standard InChI is InChI=1S/C21H40O3/c1-17(2,3)14-19(7,18(4,5)6)16(22)24-21-12-8-10-20(23,15-21)11-9-13-21/h16,22-23H,8-15H2,1-7H3. The molecule has 24 heavy (non-hydrogen) atoms. The van der Waals surface area contributed by atoms with E-state index in [4.69, 9.17) is 4.74 Å². The maximum Gasteiger partial charge on any atom is 0.161 e. The van der Waals surface area contributed by atoms with Gasteiger partial charge < -0.3 is 14.9 Å². The Balaban J connectivity index is 2.23. The fourth-order valence-corrected chi connectivity index (χ4v) is 5.03. The molecule has 0 saturated heterocycles. The normalized spacial score (nSPS) is 35.4. The van der Waals surface area contributed by atoms with E-state index < -0.39 is 11.9 Å². The summed E-state index contributed by atoms with van der Waals surface area (Å²) in [4.78, 5) is 0. The Kier molecular flexibility index (Phi) is 5.25. The summed E-state index contributed by atoms with van der Waals surface area (Å²) in [7, 11) is 0. The van der Waals surface area contributed by atoms with Crippen molar-refractivity contribution in [3.05, 3.63) is 0 Å². The van der Waals surface area contributed by atoms with Gasteiger partial charge in [0.25, 0.3) is 0 Å². The van der Waals surface area contributed by atoms with Gasteiger partial charge in [0.1, 0.15) is 0 Å². The van der Waals surface area contributed by atoms with Gasteiger partial charge in [-0.05, 0) is 55.8 Å². The van der Waals surface area contributed by atoms with Gasteiger partial charge in [0.2, 0.25) is 0 Å². The van der Waals surface area contributed by atoms with E-state index in [-0.39, 0.29) is 21.8 Å². The van der Waals surface area contributed by atoms with E-state index in [0.29, 0.717) is 6.42 Å². The van der Waals surface area contributed by atoms with Crippen molar-refractivity contribution in [1.82, 2.24) is 0 Å². The molecule has 2 saturated carbocycles. The van der Waals surface area contributed by atoms with Crippen LogP contribution in [0.5, 0.6) is 0 Å². The van der Waals surface area contributed by atoms with Gasteiger partial charge in [0, 0.05) is 11.8 Å². The molecular weight excluding hydrogens is 300 g/mol. The molecule has 3 heteroatoms. The summed E-state index contributed by atoms with van der Waals surface area (Å²) < 4.78 is 6.45. The van der Waals surface area contributed by atoms with E-state index in [9.17, 15) is 10.2 Å². The van der Waals surface area contributed by atoms with Gasteiger partial charge in [-0.1, -0.05) is 48.5 Å². The van der Waals surface area contributed by atoms with Crippen LogP contribution >= 0.6 is 0 Å². The topological polar surface area (TPSA) is 49.7 Å². The highest BCUT2D eigenvalue weighted by atomic mass is 16.6. The lowest BCUT2D eigenvalue weighted by molar-refractivity contribution is -0.288. The first-order chi connectivity index (χ1) is 10.7. The minimum atomic E-state index is -0.808. The number of hydrogen-bond acceptors (Lipinski definition) is 3. The second kappa shape index (κ2) is 6.25. The van der Waals surface area contributed by atoms with Crippen molar-refractivity contribution in [2.75, 3.05) is 0 Å². The lowest BCUT2D eigenvalue weighted by atomic mass is 9.60. The zero-order valence-corrected chi connectivity index (χ0v) is 17.0. The molecule has 2 atom stereocenters. The first-order valence-corrected chi connectivity index (χ1v) is 9.79. The molecule has 0 aromatic rings. The Bertz CT molecular complexity index is 433. The van der Waals surface area contributed by atoms with Crippen molar-refractivity contribution in [3.8, 4) is 0 Å². The van der Waals surface area contributed by atoms with E-state index in [1.165, 1.54) is 0 Å². The Morgan fingerprint density at radius 1 is 0.917 bits per heavy atom. The third kappa shape index (κ3) is 4.16. The van der Waals surface area contributed by atoms with E-state index in [1.54, 1.807) is 0 Å². The molecule has 2 rings (SSSR count). The highest BCUT2D eigenvalue weighted by Gasteiger charge is 2.53. The molecule has 0 radical (unpaired) electrons. The zero-order chi connectivity index (χ0) is 18.4. The van der Waals surface area contributed by atoms with Crippen LogP contribution in [-0.2, 0) is 4.74 Å². The largest absolute Gasteiger partial charge is 0.390 e. The first-order valence-electron chi connectivity index (χ1n) is 9.79. The van der Waals surface area contributed by atoms with Crippen molar-refractivity contribution >= 4 is 0 Å². The second-order valence-electron chi connectivity index (χ2n) is 11.2. The van der Waals surface area contributed by atoms with Crippen LogP contribution in [0.25, 0.3) is 0 Å². The van der Waals surface area contributed by atoms with Gasteiger partial charge in [0.05, 0.1) is 11.2 Å². The van der Waals surface area contributed by atoms with Gasteiger partial charge in [-0.3, -0.25) is 0 Å². The third-order valence-corrected chi connectivity index (χ3v) is 6.72. The maximum absolute atomic E-state index is 11.2. The van der Waals surface area contributed by atoms with Crippen LogP contribution in [0.1, 0.15) is 99.8 Å². The van der Waals surface area contributed by atoms with Crippen LogP contribution in [0.15, 0.2) is 0 Å². The molecule has 3 nitrogen and oxygen atoms in total. The highest BCUT2D eigenvalue weighted by molar-refractivity contribution is 5.02. The van der Waals surface area contributed by atoms with Gasteiger partial charge >= 0.3 is 0 Å². The fraction of sp³-hybridized carbons (Fsp3) is 1.00. The van der Waals surface area contributed by atoms with E-state index in [0.717, 1.165) is 44.9 Å². The number of ether oxygens (including phenoxy) is 1. The zero-order valence-electron chi connectivity index (χ0n) is 17.0. The maximum atomic E-state index is 11.2. The number of hydrogen-bond donors (Lipinski definition) is 2. The SMILES string of the molecule is CC(C)(C)CC(C)(C(O)OC12CCCC(O)(CCC1)C2)C(C)(C)C. The van der Waals surface area contributed by atoms with Crippen molar-refractivity contribution < 1.29 is 14.9 Å². The lowest BCUT2D eigenvalue weighted by Gasteiger charge is -2.54. The van der Waals surface area contributed by atoms with Crippen LogP contribution in [-0.4, -0.2) is 27.7 Å². The molecule has 0 spiro atoms. The molecule has 0 aromatic carbocycles. The quantitative estimate of drug-likeness (QED) is 0.705. The molecular formula is C21H40O3. The Morgan fingerprint density at radius 3 is 1.83 bits per heavy atom. The highest BCUT2D eigenvalue weighted by Crippen LogP contribution is 2.53. The van der Waals surface area contributed by atoms with Gasteiger partial charge in [-0.2, -0.15) is 0 Å². The lowest BCUT2D eigenvalue weighted by Crippen LogP contribution is -2.56. The molecule has 0 aromatic heterocycles. The van der Waals surface area contributed by atoms with Crippen molar-refractivity contribution in [2.24, 2.45) is 16.2 Å². The molecule has 2 bridgehead atoms. The predicted octanol–water partition coefficient (Wildman–Crippen LogP) is 5.04. The van der Waals surface area contributed by atoms with Crippen LogP contribution < -0.4 is 0 Å². The van der Waals surface area contributed by atoms with Crippen LogP contribution in [0.2, 0.25) is 0 Å². The Morgan fingerprint density at radius 2 is 1.42 bits per heavy atom. The molecule has 2 N–H and O–H groups in total. The average Bonchev–Trinajstić information content (AvgIpc) is 2.33. The number of fused-ring (bicyclic) bond motifs is 2. The van der Waals surface area contributed by atoms with Gasteiger partial charge in [0.15, 0.2) is 6.29 Å². The molecule has 2 aliphatic carbocycles. The molecule has 2 unspecified atom stereocenters.